The number of ether oxygens (including phenoxy) is 1. The van der Waals surface area contributed by atoms with Crippen molar-refractivity contribution >= 4 is 30.7 Å². The van der Waals surface area contributed by atoms with E-state index in [-0.39, 0.29) is 36.8 Å². The number of carbonyl (C=O) groups excluding carboxylic acids is 1. The van der Waals surface area contributed by atoms with Gasteiger partial charge in [-0.05, 0) is 39.9 Å². The van der Waals surface area contributed by atoms with E-state index >= 15 is 0 Å². The molecule has 0 aliphatic carbocycles. The van der Waals surface area contributed by atoms with Gasteiger partial charge in [0.15, 0.2) is 0 Å². The summed E-state index contributed by atoms with van der Waals surface area (Å²) in [5, 5.41) is 3.29. The molecule has 0 radical (unpaired) electrons. The van der Waals surface area contributed by atoms with Crippen LogP contribution in [0.2, 0.25) is 0 Å². The highest BCUT2D eigenvalue weighted by Crippen LogP contribution is 2.27. The third-order valence-corrected chi connectivity index (χ3v) is 4.28. The summed E-state index contributed by atoms with van der Waals surface area (Å²) in [4.78, 5) is 17.1. The van der Waals surface area contributed by atoms with Gasteiger partial charge in [-0.2, -0.15) is 0 Å². The zero-order valence-electron chi connectivity index (χ0n) is 12.6. The van der Waals surface area contributed by atoms with Crippen LogP contribution in [0.25, 0.3) is 0 Å². The first-order chi connectivity index (χ1) is 8.59. The normalized spacial score (nSPS) is 26.4. The van der Waals surface area contributed by atoms with E-state index in [9.17, 15) is 4.79 Å². The fraction of sp³-hybridized carbons (Fsp3) is 0.923. The van der Waals surface area contributed by atoms with Gasteiger partial charge < -0.3 is 19.9 Å². The number of halogens is 2. The molecule has 120 valence electrons. The van der Waals surface area contributed by atoms with E-state index in [1.165, 1.54) is 0 Å². The summed E-state index contributed by atoms with van der Waals surface area (Å²) in [6, 6.07) is 0.276. The van der Waals surface area contributed by atoms with Gasteiger partial charge in [0, 0.05) is 32.8 Å². The topological polar surface area (TPSA) is 44.8 Å². The van der Waals surface area contributed by atoms with Gasteiger partial charge in [-0.3, -0.25) is 4.79 Å². The Kier molecular flexibility index (Phi) is 8.36. The number of likely N-dealkylation sites (N-methyl/N-ethyl adjacent to an activating group) is 1. The van der Waals surface area contributed by atoms with Crippen LogP contribution < -0.4 is 5.32 Å². The van der Waals surface area contributed by atoms with Crippen molar-refractivity contribution in [2.24, 2.45) is 0 Å². The minimum absolute atomic E-state index is 0. The Morgan fingerprint density at radius 2 is 1.85 bits per heavy atom. The van der Waals surface area contributed by atoms with E-state index in [1.807, 2.05) is 4.90 Å². The smallest absolute Gasteiger partial charge is 0.255 e. The number of nitrogens with one attached hydrogen (secondary N) is 1. The van der Waals surface area contributed by atoms with Crippen LogP contribution in [0.5, 0.6) is 0 Å². The number of carbonyl (C=O) groups is 1. The Bertz CT molecular complexity index is 312. The maximum atomic E-state index is 12.8. The molecule has 0 aromatic heterocycles. The lowest BCUT2D eigenvalue weighted by atomic mass is 9.89. The highest BCUT2D eigenvalue weighted by molar-refractivity contribution is 5.86. The molecule has 2 rings (SSSR count). The first kappa shape index (κ1) is 19.9. The highest BCUT2D eigenvalue weighted by atomic mass is 35.5. The lowest BCUT2D eigenvalue weighted by molar-refractivity contribution is -0.162. The summed E-state index contributed by atoms with van der Waals surface area (Å²) in [6.45, 7) is 6.56. The van der Waals surface area contributed by atoms with Crippen molar-refractivity contribution in [2.75, 3.05) is 46.9 Å². The van der Waals surface area contributed by atoms with Crippen molar-refractivity contribution in [2.45, 2.75) is 31.4 Å². The summed E-state index contributed by atoms with van der Waals surface area (Å²) >= 11 is 0. The van der Waals surface area contributed by atoms with Crippen LogP contribution in [-0.4, -0.2) is 74.2 Å². The molecule has 2 aliphatic heterocycles. The molecule has 0 spiro atoms. The maximum Gasteiger partial charge on any atom is 0.255 e. The summed E-state index contributed by atoms with van der Waals surface area (Å²) in [6.07, 6.45) is 1.56. The van der Waals surface area contributed by atoms with E-state index in [0.717, 1.165) is 45.6 Å². The minimum Gasteiger partial charge on any atom is -0.368 e. The molecule has 2 aliphatic rings. The molecule has 7 heteroatoms. The second-order valence-electron chi connectivity index (χ2n) is 5.56. The van der Waals surface area contributed by atoms with Crippen molar-refractivity contribution in [3.8, 4) is 0 Å². The Morgan fingerprint density at radius 3 is 2.35 bits per heavy atom. The van der Waals surface area contributed by atoms with Crippen molar-refractivity contribution in [1.82, 2.24) is 15.1 Å². The van der Waals surface area contributed by atoms with E-state index in [2.05, 4.69) is 24.2 Å². The second-order valence-corrected chi connectivity index (χ2v) is 5.56. The van der Waals surface area contributed by atoms with E-state index in [4.69, 9.17) is 4.74 Å². The molecule has 5 nitrogen and oxygen atoms in total. The van der Waals surface area contributed by atoms with Gasteiger partial charge in [-0.25, -0.2) is 0 Å². The summed E-state index contributed by atoms with van der Waals surface area (Å²) < 4.78 is 5.62. The molecule has 0 aromatic rings. The van der Waals surface area contributed by atoms with E-state index < -0.39 is 5.60 Å². The van der Waals surface area contributed by atoms with Crippen LogP contribution in [0.3, 0.4) is 0 Å². The number of piperidine rings is 1. The minimum atomic E-state index is -0.588. The number of piperazine rings is 1. The van der Waals surface area contributed by atoms with Crippen LogP contribution in [-0.2, 0) is 9.53 Å². The molecule has 2 heterocycles. The van der Waals surface area contributed by atoms with Crippen molar-refractivity contribution in [3.05, 3.63) is 0 Å². The average molecular weight is 328 g/mol. The predicted octanol–water partition coefficient (Wildman–Crippen LogP) is 0.761. The van der Waals surface area contributed by atoms with Crippen molar-refractivity contribution in [3.63, 3.8) is 0 Å². The number of hydrogen-bond acceptors (Lipinski definition) is 4. The van der Waals surface area contributed by atoms with Gasteiger partial charge in [0.25, 0.3) is 5.91 Å². The van der Waals surface area contributed by atoms with Gasteiger partial charge in [-0.1, -0.05) is 0 Å². The van der Waals surface area contributed by atoms with Crippen LogP contribution >= 0.6 is 24.8 Å². The zero-order chi connectivity index (χ0) is 13.2. The lowest BCUT2D eigenvalue weighted by Gasteiger charge is -2.44. The number of methoxy groups -OCH3 is 1. The Labute approximate surface area is 134 Å². The molecular weight excluding hydrogens is 301 g/mol. The molecule has 2 fully saturated rings. The molecular formula is C13H27Cl2N3O2. The Morgan fingerprint density at radius 1 is 1.25 bits per heavy atom. The fourth-order valence-corrected chi connectivity index (χ4v) is 3.04. The SMILES string of the molecule is COC1(C(=O)N2CCN(C)CC2C)CCNCC1.Cl.Cl. The molecule has 0 aromatic carbocycles. The molecule has 2 saturated heterocycles. The van der Waals surface area contributed by atoms with E-state index in [0.29, 0.717) is 0 Å². The third-order valence-electron chi connectivity index (χ3n) is 4.28. The molecule has 1 unspecified atom stereocenters. The average Bonchev–Trinajstić information content (AvgIpc) is 2.39. The van der Waals surface area contributed by atoms with Gasteiger partial charge in [0.2, 0.25) is 0 Å². The van der Waals surface area contributed by atoms with Gasteiger partial charge in [0.05, 0.1) is 0 Å². The van der Waals surface area contributed by atoms with Crippen LogP contribution in [0.15, 0.2) is 0 Å². The summed E-state index contributed by atoms with van der Waals surface area (Å²) in [5.74, 6) is 0.187. The quantitative estimate of drug-likeness (QED) is 0.813. The van der Waals surface area contributed by atoms with Gasteiger partial charge in [0.1, 0.15) is 5.60 Å². The van der Waals surface area contributed by atoms with Crippen LogP contribution in [0, 0.1) is 0 Å². The molecule has 20 heavy (non-hydrogen) atoms. The zero-order valence-corrected chi connectivity index (χ0v) is 14.2. The molecule has 1 N–H and O–H groups in total. The maximum absolute atomic E-state index is 12.8. The van der Waals surface area contributed by atoms with Crippen molar-refractivity contribution < 1.29 is 9.53 Å². The first-order valence-corrected chi connectivity index (χ1v) is 6.84. The van der Waals surface area contributed by atoms with Crippen molar-refractivity contribution in [1.29, 1.82) is 0 Å². The standard InChI is InChI=1S/C13H25N3O2.2ClH/c1-11-10-15(2)8-9-16(11)12(17)13(18-3)4-6-14-7-5-13;;/h11,14H,4-10H2,1-3H3;2*1H. The number of hydrogen-bond donors (Lipinski definition) is 1. The van der Waals surface area contributed by atoms with Gasteiger partial charge >= 0.3 is 0 Å². The third kappa shape index (κ3) is 3.98. The highest BCUT2D eigenvalue weighted by Gasteiger charge is 2.44. The summed E-state index contributed by atoms with van der Waals surface area (Å²) in [5.41, 5.74) is -0.588. The van der Waals surface area contributed by atoms with Crippen LogP contribution in [0.4, 0.5) is 0 Å². The molecule has 0 saturated carbocycles. The monoisotopic (exact) mass is 327 g/mol. The number of nitrogens with zero attached hydrogens (tertiary/aromatic N) is 2. The second kappa shape index (κ2) is 8.39. The number of amides is 1. The van der Waals surface area contributed by atoms with E-state index in [1.54, 1.807) is 7.11 Å². The lowest BCUT2D eigenvalue weighted by Crippen LogP contribution is -2.61. The molecule has 1 amide bonds. The van der Waals surface area contributed by atoms with Crippen LogP contribution in [0.1, 0.15) is 19.8 Å². The summed E-state index contributed by atoms with van der Waals surface area (Å²) in [7, 11) is 3.78. The Hall–Kier alpha value is -0.0700. The number of rotatable bonds is 2. The molecule has 0 bridgehead atoms. The molecule has 1 atom stereocenters. The fourth-order valence-electron chi connectivity index (χ4n) is 3.04. The Balaban J connectivity index is 0.00000180. The predicted molar refractivity (Wildman–Crippen MR) is 85.0 cm³/mol. The first-order valence-electron chi connectivity index (χ1n) is 6.84. The van der Waals surface area contributed by atoms with Gasteiger partial charge in [-0.15, -0.1) is 24.8 Å². The largest absolute Gasteiger partial charge is 0.368 e.